The van der Waals surface area contributed by atoms with E-state index < -0.39 is 23.6 Å². The van der Waals surface area contributed by atoms with Gasteiger partial charge in [-0.05, 0) is 99.0 Å². The smallest absolute Gasteiger partial charge is 0.265 e. The average molecular weight is 575 g/mol. The SMILES string of the molecule is C.C.Cc1ccc(SSSc2ccc(N3C(=O)c4ccc5c6c(ccc(c46)C3=O)C(=O)N(C)C5=O)cc2)cc1. The summed E-state index contributed by atoms with van der Waals surface area (Å²) in [5.74, 6) is -1.86. The van der Waals surface area contributed by atoms with Crippen LogP contribution in [0.2, 0.25) is 0 Å². The fourth-order valence-corrected chi connectivity index (χ4v) is 8.22. The van der Waals surface area contributed by atoms with Crippen molar-refractivity contribution in [3.8, 4) is 0 Å². The van der Waals surface area contributed by atoms with Crippen LogP contribution in [0, 0.1) is 6.92 Å². The first kappa shape index (κ1) is 28.5. The van der Waals surface area contributed by atoms with E-state index in [0.29, 0.717) is 38.7 Å². The molecule has 2 aliphatic heterocycles. The zero-order valence-electron chi connectivity index (χ0n) is 19.7. The maximum absolute atomic E-state index is 13.5. The fraction of sp³-hybridized carbons (Fsp3) is 0.133. The minimum Gasteiger partial charge on any atom is -0.277 e. The number of carbonyl (C=O) groups excluding carboxylic acids is 4. The Morgan fingerprint density at radius 2 is 0.923 bits per heavy atom. The van der Waals surface area contributed by atoms with E-state index in [1.165, 1.54) is 12.6 Å². The van der Waals surface area contributed by atoms with Crippen molar-refractivity contribution in [3.05, 3.63) is 101 Å². The van der Waals surface area contributed by atoms with Crippen molar-refractivity contribution >= 4 is 71.5 Å². The van der Waals surface area contributed by atoms with Crippen LogP contribution in [-0.4, -0.2) is 35.6 Å². The Hall–Kier alpha value is -3.53. The molecule has 4 aromatic carbocycles. The highest BCUT2D eigenvalue weighted by Gasteiger charge is 2.39. The van der Waals surface area contributed by atoms with Gasteiger partial charge in [0.15, 0.2) is 0 Å². The van der Waals surface area contributed by atoms with Gasteiger partial charge < -0.3 is 0 Å². The van der Waals surface area contributed by atoms with Crippen molar-refractivity contribution in [2.45, 2.75) is 31.6 Å². The summed E-state index contributed by atoms with van der Waals surface area (Å²) in [5.41, 5.74) is 2.90. The third-order valence-electron chi connectivity index (χ3n) is 6.47. The second-order valence-electron chi connectivity index (χ2n) is 8.73. The van der Waals surface area contributed by atoms with Crippen molar-refractivity contribution in [2.24, 2.45) is 0 Å². The number of anilines is 1. The van der Waals surface area contributed by atoms with Crippen molar-refractivity contribution in [3.63, 3.8) is 0 Å². The summed E-state index contributed by atoms with van der Waals surface area (Å²) < 4.78 is 0. The van der Waals surface area contributed by atoms with Crippen LogP contribution in [0.3, 0.4) is 0 Å². The lowest BCUT2D eigenvalue weighted by molar-refractivity contribution is 0.0649. The van der Waals surface area contributed by atoms with Crippen LogP contribution < -0.4 is 4.90 Å². The molecule has 0 atom stereocenters. The molecule has 2 heterocycles. The molecule has 6 rings (SSSR count). The summed E-state index contributed by atoms with van der Waals surface area (Å²) >= 11 is 0. The Balaban J connectivity index is 0.00000176. The third kappa shape index (κ3) is 4.64. The molecule has 0 unspecified atom stereocenters. The van der Waals surface area contributed by atoms with E-state index in [4.69, 9.17) is 0 Å². The summed E-state index contributed by atoms with van der Waals surface area (Å²) in [5, 5.41) is 0.743. The van der Waals surface area contributed by atoms with Gasteiger partial charge in [0, 0.05) is 49.9 Å². The van der Waals surface area contributed by atoms with E-state index in [2.05, 4.69) is 31.2 Å². The lowest BCUT2D eigenvalue weighted by Gasteiger charge is -2.30. The number of benzene rings is 4. The van der Waals surface area contributed by atoms with Gasteiger partial charge in [-0.1, -0.05) is 32.5 Å². The van der Waals surface area contributed by atoms with Crippen molar-refractivity contribution < 1.29 is 19.2 Å². The highest BCUT2D eigenvalue weighted by atomic mass is 33.5. The van der Waals surface area contributed by atoms with Gasteiger partial charge in [-0.3, -0.25) is 24.1 Å². The number of amides is 4. The fourth-order valence-electron chi connectivity index (χ4n) is 4.57. The molecule has 0 saturated carbocycles. The van der Waals surface area contributed by atoms with Gasteiger partial charge >= 0.3 is 0 Å². The molecule has 39 heavy (non-hydrogen) atoms. The molecule has 0 aliphatic carbocycles. The monoisotopic (exact) mass is 574 g/mol. The Labute approximate surface area is 238 Å². The van der Waals surface area contributed by atoms with E-state index in [1.807, 2.05) is 12.1 Å². The summed E-state index contributed by atoms with van der Waals surface area (Å²) in [7, 11) is 6.32. The zero-order chi connectivity index (χ0) is 25.8. The largest absolute Gasteiger partial charge is 0.277 e. The molecule has 198 valence electrons. The van der Waals surface area contributed by atoms with Gasteiger partial charge in [-0.2, -0.15) is 0 Å². The Morgan fingerprint density at radius 1 is 0.538 bits per heavy atom. The van der Waals surface area contributed by atoms with Gasteiger partial charge in [0.05, 0.1) is 5.69 Å². The molecule has 0 N–H and O–H groups in total. The summed E-state index contributed by atoms with van der Waals surface area (Å²) in [6.07, 6.45) is 0. The van der Waals surface area contributed by atoms with E-state index in [0.717, 1.165) is 19.6 Å². The molecule has 6 nitrogen and oxygen atoms in total. The summed E-state index contributed by atoms with van der Waals surface area (Å²) in [6, 6.07) is 21.9. The highest BCUT2D eigenvalue weighted by molar-refractivity contribution is 9.09. The number of hydrogen-bond acceptors (Lipinski definition) is 7. The molecule has 0 fully saturated rings. The number of hydrogen-bond donors (Lipinski definition) is 0. The average Bonchev–Trinajstić information content (AvgIpc) is 2.91. The lowest BCUT2D eigenvalue weighted by Crippen LogP contribution is -2.42. The number of aryl methyl sites for hydroxylation is 1. The molecule has 4 aromatic rings. The Kier molecular flexibility index (Phi) is 7.97. The topological polar surface area (TPSA) is 74.8 Å². The number of carbonyl (C=O) groups is 4. The molecule has 9 heteroatoms. The predicted molar refractivity (Wildman–Crippen MR) is 162 cm³/mol. The van der Waals surface area contributed by atoms with Crippen molar-refractivity contribution in [2.75, 3.05) is 11.9 Å². The lowest BCUT2D eigenvalue weighted by atomic mass is 9.86. The summed E-state index contributed by atoms with van der Waals surface area (Å²) in [4.78, 5) is 56.8. The van der Waals surface area contributed by atoms with Gasteiger partial charge in [0.2, 0.25) is 0 Å². The first-order valence-electron chi connectivity index (χ1n) is 11.3. The molecule has 0 aromatic heterocycles. The maximum Gasteiger partial charge on any atom is 0.265 e. The summed E-state index contributed by atoms with van der Waals surface area (Å²) in [6.45, 7) is 2.06. The van der Waals surface area contributed by atoms with Crippen LogP contribution in [0.4, 0.5) is 5.69 Å². The second kappa shape index (κ2) is 10.9. The molecular weight excluding hydrogens is 549 g/mol. The Morgan fingerprint density at radius 3 is 1.36 bits per heavy atom. The maximum atomic E-state index is 13.5. The predicted octanol–water partition coefficient (Wildman–Crippen LogP) is 7.89. The number of nitrogens with zero attached hydrogens (tertiary/aromatic N) is 2. The van der Waals surface area contributed by atoms with Gasteiger partial charge in [0.1, 0.15) is 0 Å². The quantitative estimate of drug-likeness (QED) is 0.177. The van der Waals surface area contributed by atoms with Crippen molar-refractivity contribution in [1.82, 2.24) is 4.90 Å². The molecule has 0 radical (unpaired) electrons. The standard InChI is InChI=1S/C28H18N2O4S3.2CH4/c1-15-3-7-17(8-4-15)35-37-36-18-9-5-16(6-10-18)30-27(33)21-13-11-19-23-20(26(32)29(2)25(19)31)12-14-22(24(21)23)28(30)34;;/h3-14H,1-2H3;2*1H4. The van der Waals surface area contributed by atoms with Gasteiger partial charge in [-0.15, -0.1) is 0 Å². The molecule has 2 aliphatic rings. The normalized spacial score (nSPS) is 13.9. The first-order valence-corrected chi connectivity index (χ1v) is 14.8. The van der Waals surface area contributed by atoms with E-state index in [1.54, 1.807) is 67.8 Å². The van der Waals surface area contributed by atoms with Crippen LogP contribution in [0.1, 0.15) is 61.8 Å². The van der Waals surface area contributed by atoms with Gasteiger partial charge in [-0.25, -0.2) is 4.90 Å². The number of imide groups is 2. The second-order valence-corrected chi connectivity index (χ2v) is 12.8. The third-order valence-corrected chi connectivity index (χ3v) is 10.3. The van der Waals surface area contributed by atoms with E-state index >= 15 is 0 Å². The van der Waals surface area contributed by atoms with Crippen LogP contribution in [-0.2, 0) is 0 Å². The molecular formula is C30H26N2O4S3. The molecule has 0 bridgehead atoms. The highest BCUT2D eigenvalue weighted by Crippen LogP contribution is 2.45. The van der Waals surface area contributed by atoms with Gasteiger partial charge in [0.25, 0.3) is 23.6 Å². The molecule has 0 saturated heterocycles. The zero-order valence-corrected chi connectivity index (χ0v) is 22.1. The minimum atomic E-state index is -0.482. The minimum absolute atomic E-state index is 0. The van der Waals surface area contributed by atoms with Crippen molar-refractivity contribution in [1.29, 1.82) is 0 Å². The number of rotatable bonds is 5. The Bertz CT molecular complexity index is 1580. The molecule has 4 amide bonds. The van der Waals surface area contributed by atoms with Crippen LogP contribution in [0.25, 0.3) is 10.8 Å². The van der Waals surface area contributed by atoms with E-state index in [9.17, 15) is 19.2 Å². The van der Waals surface area contributed by atoms with E-state index in [-0.39, 0.29) is 14.9 Å². The first-order chi connectivity index (χ1) is 17.8. The van der Waals surface area contributed by atoms with Crippen LogP contribution >= 0.6 is 31.4 Å². The molecule has 0 spiro atoms. The van der Waals surface area contributed by atoms with Crippen LogP contribution in [0.5, 0.6) is 0 Å². The van der Waals surface area contributed by atoms with Crippen LogP contribution in [0.15, 0.2) is 82.6 Å².